The number of alkyl halides is 6. The van der Waals surface area contributed by atoms with Gasteiger partial charge in [0.1, 0.15) is 5.60 Å². The summed E-state index contributed by atoms with van der Waals surface area (Å²) in [6.45, 7) is 5.48. The summed E-state index contributed by atoms with van der Waals surface area (Å²) in [6.07, 6.45) is -9.07. The summed E-state index contributed by atoms with van der Waals surface area (Å²) >= 11 is 0. The molecule has 9 rings (SSSR count). The Morgan fingerprint density at radius 3 is 1.43 bits per heavy atom. The Morgan fingerprint density at radius 1 is 0.637 bits per heavy atom. The molecule has 17 nitrogen and oxygen atoms in total. The monoisotopic (exact) mass is 1100 g/mol. The van der Waals surface area contributed by atoms with E-state index in [1.165, 1.54) is 51.1 Å². The second kappa shape index (κ2) is 22.1. The van der Waals surface area contributed by atoms with Crippen molar-refractivity contribution in [2.24, 2.45) is 5.92 Å². The molecular weight excluding hydrogens is 1050 g/mol. The average molecular weight is 1110 g/mol. The van der Waals surface area contributed by atoms with Crippen molar-refractivity contribution < 1.29 is 59.8 Å². The molecule has 1 saturated heterocycles. The van der Waals surface area contributed by atoms with Crippen molar-refractivity contribution in [2.75, 3.05) is 62.2 Å². The summed E-state index contributed by atoms with van der Waals surface area (Å²) in [4.78, 5) is 92.8. The minimum Gasteiger partial charge on any atom is -0.444 e. The molecule has 0 aliphatic carbocycles. The van der Waals surface area contributed by atoms with Gasteiger partial charge in [-0.2, -0.15) is 36.9 Å². The van der Waals surface area contributed by atoms with Crippen LogP contribution in [0.25, 0.3) is 0 Å². The Bertz CT molecular complexity index is 3090. The van der Waals surface area contributed by atoms with Crippen LogP contribution >= 0.6 is 0 Å². The van der Waals surface area contributed by atoms with Gasteiger partial charge in [-0.25, -0.2) is 14.4 Å². The van der Waals surface area contributed by atoms with Crippen LogP contribution in [0.15, 0.2) is 120 Å². The average Bonchev–Trinajstić information content (AvgIpc) is 4.13. The standard InChI is InChI=1S/C57H54F6N10O7/c1-55(2,3)80-54(79)69-26-20-38(21-27-69)49(74)68(22-6-24-70-32-43-45(50(70)75)47(36-16-12-34(30-64)13-17-36)66-52(77)72(43)41-10-4-8-39(28-41)56(58,59)60)23-7-25-71-33-44-46(51(71)76)48(37-18-14-35(31-65)15-19-37)67-53(78)73(44)42-11-5-9-40(29-42)57(61,62)63/h4-5,8-19,28-29,38,47-48H,6-7,20-27,32-33H2,1-3H3,(H,66,77)(H,67,78)/t47-,48-/m1/s1. The molecule has 0 bridgehead atoms. The van der Waals surface area contributed by atoms with Crippen LogP contribution in [0.2, 0.25) is 0 Å². The molecular formula is C57H54F6N10O7. The van der Waals surface area contributed by atoms with Gasteiger partial charge in [-0.05, 0) is 118 Å². The Kier molecular flexibility index (Phi) is 15.4. The van der Waals surface area contributed by atoms with E-state index in [9.17, 15) is 65.6 Å². The van der Waals surface area contributed by atoms with Crippen LogP contribution < -0.4 is 20.4 Å². The van der Waals surface area contributed by atoms with Crippen molar-refractivity contribution in [3.8, 4) is 12.1 Å². The van der Waals surface area contributed by atoms with Crippen molar-refractivity contribution in [3.63, 3.8) is 0 Å². The number of likely N-dealkylation sites (tertiary alicyclic amines) is 1. The zero-order valence-electron chi connectivity index (χ0n) is 43.7. The van der Waals surface area contributed by atoms with Crippen molar-refractivity contribution >= 4 is 47.3 Å². The summed E-state index contributed by atoms with van der Waals surface area (Å²) in [5, 5.41) is 24.4. The molecule has 0 saturated carbocycles. The summed E-state index contributed by atoms with van der Waals surface area (Å²) in [6, 6.07) is 21.1. The fourth-order valence-electron chi connectivity index (χ4n) is 10.7. The van der Waals surface area contributed by atoms with Crippen LogP contribution in [0.3, 0.4) is 0 Å². The quantitative estimate of drug-likeness (QED) is 0.122. The van der Waals surface area contributed by atoms with Crippen molar-refractivity contribution in [2.45, 2.75) is 76.5 Å². The zero-order valence-corrected chi connectivity index (χ0v) is 43.7. The number of carbonyl (C=O) groups excluding carboxylic acids is 6. The van der Waals surface area contributed by atoms with E-state index in [1.54, 1.807) is 49.9 Å². The van der Waals surface area contributed by atoms with E-state index < -0.39 is 77.1 Å². The molecule has 0 unspecified atom stereocenters. The van der Waals surface area contributed by atoms with E-state index in [4.69, 9.17) is 4.74 Å². The maximum atomic E-state index is 14.7. The van der Waals surface area contributed by atoms with Crippen LogP contribution in [0.1, 0.15) is 91.9 Å². The maximum Gasteiger partial charge on any atom is 0.416 e. The van der Waals surface area contributed by atoms with Gasteiger partial charge in [0, 0.05) is 45.2 Å². The fraction of sp³-hybridized carbons (Fsp3) is 0.368. The largest absolute Gasteiger partial charge is 0.444 e. The van der Waals surface area contributed by atoms with Crippen LogP contribution in [0.4, 0.5) is 52.1 Å². The highest BCUT2D eigenvalue weighted by Gasteiger charge is 2.47. The van der Waals surface area contributed by atoms with Crippen LogP contribution in [-0.2, 0) is 31.5 Å². The number of hydrogen-bond donors (Lipinski definition) is 2. The number of piperidine rings is 1. The van der Waals surface area contributed by atoms with Crippen molar-refractivity contribution in [3.05, 3.63) is 153 Å². The Hall–Kier alpha value is -8.86. The van der Waals surface area contributed by atoms with Crippen LogP contribution in [0.5, 0.6) is 0 Å². The minimum atomic E-state index is -4.74. The number of urea groups is 2. The SMILES string of the molecule is CC(C)(C)OC(=O)N1CCC(C(=O)N(CCCN2CC3=C(C2=O)[C@@H](c2ccc(C#N)cc2)NC(=O)N3c2cccc(C(F)(F)F)c2)CCCN2CC3=C(C2=O)[C@@H](c2ccc(C#N)cc2)NC(=O)N3c2cccc(C(F)(F)F)c2)CC1. The highest BCUT2D eigenvalue weighted by molar-refractivity contribution is 6.08. The molecule has 8 amide bonds. The van der Waals surface area contributed by atoms with Gasteiger partial charge < -0.3 is 35.0 Å². The molecule has 0 aromatic heterocycles. The topological polar surface area (TPSA) is 203 Å². The number of nitriles is 2. The second-order valence-corrected chi connectivity index (χ2v) is 20.9. The number of ether oxygens (including phenoxy) is 1. The van der Waals surface area contributed by atoms with E-state index in [-0.39, 0.29) is 105 Å². The van der Waals surface area contributed by atoms with Crippen molar-refractivity contribution in [1.29, 1.82) is 10.5 Å². The third kappa shape index (κ3) is 11.6. The van der Waals surface area contributed by atoms with Gasteiger partial charge >= 0.3 is 30.5 Å². The van der Waals surface area contributed by atoms with E-state index in [1.807, 2.05) is 12.1 Å². The molecule has 2 N–H and O–H groups in total. The van der Waals surface area contributed by atoms with Crippen molar-refractivity contribution in [1.82, 2.24) is 30.2 Å². The first-order valence-electron chi connectivity index (χ1n) is 25.8. The molecule has 416 valence electrons. The van der Waals surface area contributed by atoms with E-state index >= 15 is 0 Å². The number of nitrogens with zero attached hydrogens (tertiary/aromatic N) is 8. The molecule has 0 radical (unpaired) electrons. The number of rotatable bonds is 13. The Morgan fingerprint density at radius 2 is 1.05 bits per heavy atom. The minimum absolute atomic E-state index is 0.0157. The Labute approximate surface area is 456 Å². The molecule has 5 aliphatic heterocycles. The lowest BCUT2D eigenvalue weighted by Crippen LogP contribution is -2.47. The first kappa shape index (κ1) is 55.9. The van der Waals surface area contributed by atoms with Gasteiger partial charge in [0.25, 0.3) is 11.8 Å². The molecule has 4 aromatic rings. The predicted octanol–water partition coefficient (Wildman–Crippen LogP) is 9.16. The molecule has 0 spiro atoms. The number of amides is 8. The van der Waals surface area contributed by atoms with E-state index in [2.05, 4.69) is 10.6 Å². The fourth-order valence-corrected chi connectivity index (χ4v) is 10.7. The number of hydrogen-bond acceptors (Lipinski definition) is 9. The van der Waals surface area contributed by atoms with Crippen LogP contribution in [-0.4, -0.2) is 113 Å². The lowest BCUT2D eigenvalue weighted by molar-refractivity contribution is -0.138. The first-order valence-corrected chi connectivity index (χ1v) is 25.8. The van der Waals surface area contributed by atoms with E-state index in [0.29, 0.717) is 35.1 Å². The van der Waals surface area contributed by atoms with Gasteiger partial charge in [0.15, 0.2) is 0 Å². The lowest BCUT2D eigenvalue weighted by atomic mass is 9.94. The third-order valence-electron chi connectivity index (χ3n) is 14.5. The molecule has 1 fully saturated rings. The molecule has 5 aliphatic rings. The summed E-state index contributed by atoms with van der Waals surface area (Å²) in [5.41, 5.74) is -1.01. The number of anilines is 2. The van der Waals surface area contributed by atoms with Gasteiger partial charge in [0.2, 0.25) is 5.91 Å². The predicted molar refractivity (Wildman–Crippen MR) is 276 cm³/mol. The zero-order chi connectivity index (χ0) is 57.4. The highest BCUT2D eigenvalue weighted by atomic mass is 19.4. The molecule has 2 atom stereocenters. The molecule has 4 aromatic carbocycles. The summed E-state index contributed by atoms with van der Waals surface area (Å²) in [7, 11) is 0. The number of carbonyl (C=O) groups is 6. The number of halogens is 6. The summed E-state index contributed by atoms with van der Waals surface area (Å²) < 4.78 is 89.4. The van der Waals surface area contributed by atoms with Gasteiger partial charge in [-0.15, -0.1) is 0 Å². The van der Waals surface area contributed by atoms with Gasteiger partial charge in [-0.1, -0.05) is 36.4 Å². The molecule has 23 heteroatoms. The van der Waals surface area contributed by atoms with Gasteiger partial charge in [0.05, 0.1) is 93.5 Å². The number of benzene rings is 4. The Balaban J connectivity index is 0.953. The molecule has 5 heterocycles. The smallest absolute Gasteiger partial charge is 0.416 e. The third-order valence-corrected chi connectivity index (χ3v) is 14.5. The highest BCUT2D eigenvalue weighted by Crippen LogP contribution is 2.43. The van der Waals surface area contributed by atoms with E-state index in [0.717, 1.165) is 46.2 Å². The second-order valence-electron chi connectivity index (χ2n) is 20.9. The molecule has 80 heavy (non-hydrogen) atoms. The maximum absolute atomic E-state index is 14.7. The summed E-state index contributed by atoms with van der Waals surface area (Å²) in [5.74, 6) is -1.85. The first-order chi connectivity index (χ1) is 37.9. The van der Waals surface area contributed by atoms with Gasteiger partial charge in [-0.3, -0.25) is 24.2 Å². The lowest BCUT2D eigenvalue weighted by Gasteiger charge is -2.35. The number of nitrogens with one attached hydrogen (secondary N) is 2. The van der Waals surface area contributed by atoms with Crippen LogP contribution in [0, 0.1) is 28.6 Å². The normalized spacial score (nSPS) is 18.9.